The van der Waals surface area contributed by atoms with E-state index in [2.05, 4.69) is 15.9 Å². The Hall–Kier alpha value is -2.14. The molecular formula is C23H25BrN2O2. The van der Waals surface area contributed by atoms with Crippen molar-refractivity contribution in [2.75, 3.05) is 6.54 Å². The Morgan fingerprint density at radius 1 is 0.929 bits per heavy atom. The fourth-order valence-electron chi connectivity index (χ4n) is 4.41. The predicted octanol–water partition coefficient (Wildman–Crippen LogP) is 4.69. The third-order valence-corrected chi connectivity index (χ3v) is 6.32. The summed E-state index contributed by atoms with van der Waals surface area (Å²) >= 11 is 3.51. The average Bonchev–Trinajstić information content (AvgIpc) is 2.72. The molecule has 4 rings (SSSR count). The minimum atomic E-state index is -0.569. The molecule has 1 saturated carbocycles. The highest BCUT2D eigenvalue weighted by atomic mass is 79.9. The van der Waals surface area contributed by atoms with E-state index in [1.165, 1.54) is 6.42 Å². The number of hydrogen-bond donors (Lipinski definition) is 0. The number of carbonyl (C=O) groups is 2. The van der Waals surface area contributed by atoms with E-state index in [-0.39, 0.29) is 24.4 Å². The van der Waals surface area contributed by atoms with Gasteiger partial charge in [0.25, 0.3) is 5.91 Å². The molecule has 2 fully saturated rings. The van der Waals surface area contributed by atoms with E-state index in [1.807, 2.05) is 59.5 Å². The molecule has 2 aromatic rings. The van der Waals surface area contributed by atoms with Gasteiger partial charge in [0.15, 0.2) is 0 Å². The largest absolute Gasteiger partial charge is 0.328 e. The fourth-order valence-corrected chi connectivity index (χ4v) is 4.83. The first-order valence-electron chi connectivity index (χ1n) is 10.0. The zero-order valence-corrected chi connectivity index (χ0v) is 17.5. The zero-order valence-electron chi connectivity index (χ0n) is 15.9. The van der Waals surface area contributed by atoms with Gasteiger partial charge in [-0.2, -0.15) is 0 Å². The van der Waals surface area contributed by atoms with Crippen LogP contribution in [0.1, 0.15) is 49.3 Å². The Labute approximate surface area is 174 Å². The van der Waals surface area contributed by atoms with Crippen molar-refractivity contribution in [1.82, 2.24) is 9.80 Å². The number of hydrogen-bond acceptors (Lipinski definition) is 2. The molecule has 1 heterocycles. The molecule has 5 heteroatoms. The number of halogens is 1. The lowest BCUT2D eigenvalue weighted by Crippen LogP contribution is -2.58. The van der Waals surface area contributed by atoms with Gasteiger partial charge in [-0.1, -0.05) is 77.7 Å². The quantitative estimate of drug-likeness (QED) is 0.691. The van der Waals surface area contributed by atoms with Crippen LogP contribution in [0.2, 0.25) is 0 Å². The van der Waals surface area contributed by atoms with E-state index in [0.717, 1.165) is 41.3 Å². The van der Waals surface area contributed by atoms with Crippen LogP contribution in [0.15, 0.2) is 59.1 Å². The van der Waals surface area contributed by atoms with Gasteiger partial charge in [0.05, 0.1) is 0 Å². The summed E-state index contributed by atoms with van der Waals surface area (Å²) in [6, 6.07) is 17.3. The molecule has 0 radical (unpaired) electrons. The summed E-state index contributed by atoms with van der Waals surface area (Å²) < 4.78 is 0.916. The van der Waals surface area contributed by atoms with Crippen molar-refractivity contribution in [1.29, 1.82) is 0 Å². The van der Waals surface area contributed by atoms with Gasteiger partial charge in [-0.3, -0.25) is 9.59 Å². The van der Waals surface area contributed by atoms with Crippen LogP contribution in [0.3, 0.4) is 0 Å². The average molecular weight is 441 g/mol. The maximum Gasteiger partial charge on any atom is 0.250 e. The number of carbonyl (C=O) groups excluding carboxylic acids is 2. The van der Waals surface area contributed by atoms with Gasteiger partial charge in [0, 0.05) is 17.1 Å². The summed E-state index contributed by atoms with van der Waals surface area (Å²) in [5.74, 6) is 0.0829. The number of benzene rings is 2. The summed E-state index contributed by atoms with van der Waals surface area (Å²) in [6.45, 7) is 0.641. The van der Waals surface area contributed by atoms with Gasteiger partial charge in [-0.15, -0.1) is 0 Å². The molecule has 28 heavy (non-hydrogen) atoms. The summed E-state index contributed by atoms with van der Waals surface area (Å²) in [5.41, 5.74) is 1.90. The third-order valence-electron chi connectivity index (χ3n) is 5.83. The van der Waals surface area contributed by atoms with Gasteiger partial charge >= 0.3 is 0 Å². The number of nitrogens with zero attached hydrogens (tertiary/aromatic N) is 2. The number of rotatable bonds is 4. The first kappa shape index (κ1) is 19.2. The van der Waals surface area contributed by atoms with E-state index in [4.69, 9.17) is 0 Å². The first-order valence-corrected chi connectivity index (χ1v) is 10.8. The lowest BCUT2D eigenvalue weighted by atomic mass is 9.91. The topological polar surface area (TPSA) is 40.6 Å². The van der Waals surface area contributed by atoms with Gasteiger partial charge in [0.1, 0.15) is 12.6 Å². The molecule has 1 atom stereocenters. The molecule has 2 aromatic carbocycles. The molecular weight excluding hydrogens is 416 g/mol. The normalized spacial score (nSPS) is 21.2. The lowest BCUT2D eigenvalue weighted by molar-refractivity contribution is -0.160. The van der Waals surface area contributed by atoms with Crippen molar-refractivity contribution in [3.8, 4) is 0 Å². The molecule has 0 bridgehead atoms. The van der Waals surface area contributed by atoms with Crippen molar-refractivity contribution in [3.05, 3.63) is 70.2 Å². The fraction of sp³-hybridized carbons (Fsp3) is 0.391. The molecule has 0 spiro atoms. The Balaban J connectivity index is 1.68. The molecule has 0 N–H and O–H groups in total. The van der Waals surface area contributed by atoms with E-state index >= 15 is 0 Å². The van der Waals surface area contributed by atoms with Crippen LogP contribution < -0.4 is 0 Å². The van der Waals surface area contributed by atoms with E-state index in [1.54, 1.807) is 4.90 Å². The molecule has 4 nitrogen and oxygen atoms in total. The third kappa shape index (κ3) is 4.00. The molecule has 2 amide bonds. The predicted molar refractivity (Wildman–Crippen MR) is 112 cm³/mol. The van der Waals surface area contributed by atoms with Crippen LogP contribution in [0.5, 0.6) is 0 Å². The maximum atomic E-state index is 13.6. The minimum Gasteiger partial charge on any atom is -0.328 e. The second kappa shape index (κ2) is 8.48. The van der Waals surface area contributed by atoms with Crippen molar-refractivity contribution < 1.29 is 9.59 Å². The van der Waals surface area contributed by atoms with Crippen molar-refractivity contribution >= 4 is 27.7 Å². The van der Waals surface area contributed by atoms with E-state index < -0.39 is 6.04 Å². The SMILES string of the molecule is O=C1[C@H](c2cccc(Br)c2)N(Cc2ccccc2)C(=O)CN1C1CCCCC1. The molecule has 1 aliphatic heterocycles. The Morgan fingerprint density at radius 2 is 1.68 bits per heavy atom. The first-order chi connectivity index (χ1) is 13.6. The van der Waals surface area contributed by atoms with Crippen molar-refractivity contribution in [2.45, 2.75) is 50.7 Å². The highest BCUT2D eigenvalue weighted by molar-refractivity contribution is 9.10. The second-order valence-electron chi connectivity index (χ2n) is 7.72. The highest BCUT2D eigenvalue weighted by Crippen LogP contribution is 2.34. The summed E-state index contributed by atoms with van der Waals surface area (Å²) in [7, 11) is 0. The second-order valence-corrected chi connectivity index (χ2v) is 8.64. The number of amides is 2. The van der Waals surface area contributed by atoms with Crippen LogP contribution >= 0.6 is 15.9 Å². The van der Waals surface area contributed by atoms with E-state index in [9.17, 15) is 9.59 Å². The van der Waals surface area contributed by atoms with Gasteiger partial charge in [-0.05, 0) is 36.1 Å². The van der Waals surface area contributed by atoms with Crippen LogP contribution in [0.4, 0.5) is 0 Å². The standard InChI is InChI=1S/C23H25BrN2O2/c24-19-11-7-10-18(14-19)22-23(28)25(20-12-5-2-6-13-20)16-21(27)26(22)15-17-8-3-1-4-9-17/h1,3-4,7-11,14,20,22H,2,5-6,12-13,15-16H2/t22-/m0/s1. The lowest BCUT2D eigenvalue weighted by Gasteiger charge is -2.44. The van der Waals surface area contributed by atoms with Crippen molar-refractivity contribution in [3.63, 3.8) is 0 Å². The van der Waals surface area contributed by atoms with E-state index in [0.29, 0.717) is 6.54 Å². The van der Waals surface area contributed by atoms with Gasteiger partial charge in [-0.25, -0.2) is 0 Å². The molecule has 2 aliphatic rings. The van der Waals surface area contributed by atoms with Crippen LogP contribution in [0.25, 0.3) is 0 Å². The maximum absolute atomic E-state index is 13.6. The minimum absolute atomic E-state index is 0.0269. The smallest absolute Gasteiger partial charge is 0.250 e. The zero-order chi connectivity index (χ0) is 19.5. The summed E-state index contributed by atoms with van der Waals surface area (Å²) in [6.07, 6.45) is 5.50. The monoisotopic (exact) mass is 440 g/mol. The van der Waals surface area contributed by atoms with Crippen molar-refractivity contribution in [2.24, 2.45) is 0 Å². The van der Waals surface area contributed by atoms with Crippen LogP contribution in [0, 0.1) is 0 Å². The molecule has 146 valence electrons. The number of piperazine rings is 1. The highest BCUT2D eigenvalue weighted by Gasteiger charge is 2.42. The molecule has 0 unspecified atom stereocenters. The van der Waals surface area contributed by atoms with Crippen LogP contribution in [-0.2, 0) is 16.1 Å². The molecule has 0 aromatic heterocycles. The Bertz CT molecular complexity index is 849. The molecule has 1 aliphatic carbocycles. The van der Waals surface area contributed by atoms with Gasteiger partial charge < -0.3 is 9.80 Å². The van der Waals surface area contributed by atoms with Gasteiger partial charge in [0.2, 0.25) is 5.91 Å². The molecule has 1 saturated heterocycles. The van der Waals surface area contributed by atoms with Crippen LogP contribution in [-0.4, -0.2) is 34.2 Å². The summed E-state index contributed by atoms with van der Waals surface area (Å²) in [4.78, 5) is 30.4. The Kier molecular flexibility index (Phi) is 5.81. The summed E-state index contributed by atoms with van der Waals surface area (Å²) in [5, 5.41) is 0. The Morgan fingerprint density at radius 3 is 2.39 bits per heavy atom.